The highest BCUT2D eigenvalue weighted by atomic mass is 79.9. The minimum absolute atomic E-state index is 0.166. The number of halogens is 2. The Morgan fingerprint density at radius 1 is 1.41 bits per heavy atom. The van der Waals surface area contributed by atoms with Gasteiger partial charge in [0, 0.05) is 17.6 Å². The van der Waals surface area contributed by atoms with Crippen molar-refractivity contribution in [2.75, 3.05) is 26.4 Å². The van der Waals surface area contributed by atoms with Crippen LogP contribution in [-0.2, 0) is 16.0 Å². The van der Waals surface area contributed by atoms with Gasteiger partial charge in [-0.1, -0.05) is 17.7 Å². The molecule has 1 aliphatic rings. The van der Waals surface area contributed by atoms with Crippen LogP contribution in [0, 0.1) is 0 Å². The van der Waals surface area contributed by atoms with Crippen molar-refractivity contribution < 1.29 is 9.47 Å². The first-order valence-electron chi connectivity index (χ1n) is 5.59. The lowest BCUT2D eigenvalue weighted by Crippen LogP contribution is -2.37. The third-order valence-corrected chi connectivity index (χ3v) is 3.78. The van der Waals surface area contributed by atoms with Crippen LogP contribution in [0.3, 0.4) is 0 Å². The summed E-state index contributed by atoms with van der Waals surface area (Å²) in [7, 11) is 0. The van der Waals surface area contributed by atoms with E-state index < -0.39 is 0 Å². The van der Waals surface area contributed by atoms with Crippen molar-refractivity contribution in [3.8, 4) is 0 Å². The van der Waals surface area contributed by atoms with Crippen molar-refractivity contribution in [1.82, 2.24) is 5.32 Å². The fourth-order valence-corrected chi connectivity index (χ4v) is 2.23. The quantitative estimate of drug-likeness (QED) is 0.925. The molecular formula is C12H15BrClNO2. The van der Waals surface area contributed by atoms with Gasteiger partial charge in [-0.05, 0) is 33.6 Å². The van der Waals surface area contributed by atoms with Crippen LogP contribution in [0.1, 0.15) is 5.56 Å². The van der Waals surface area contributed by atoms with Gasteiger partial charge in [0.2, 0.25) is 0 Å². The molecule has 1 atom stereocenters. The van der Waals surface area contributed by atoms with Gasteiger partial charge in [-0.2, -0.15) is 0 Å². The lowest BCUT2D eigenvalue weighted by molar-refractivity contribution is -0.0864. The number of rotatable bonds is 4. The second-order valence-electron chi connectivity index (χ2n) is 3.95. The Morgan fingerprint density at radius 3 is 3.00 bits per heavy atom. The zero-order chi connectivity index (χ0) is 12.1. The van der Waals surface area contributed by atoms with Gasteiger partial charge in [0.1, 0.15) is 0 Å². The van der Waals surface area contributed by atoms with E-state index >= 15 is 0 Å². The lowest BCUT2D eigenvalue weighted by atomic mass is 10.2. The van der Waals surface area contributed by atoms with Crippen LogP contribution >= 0.6 is 27.5 Å². The maximum Gasteiger partial charge on any atom is 0.0933 e. The summed E-state index contributed by atoms with van der Waals surface area (Å²) in [5, 5.41) is 4.08. The Hall–Kier alpha value is -0.130. The second kappa shape index (κ2) is 6.71. The van der Waals surface area contributed by atoms with Crippen molar-refractivity contribution in [2.24, 2.45) is 0 Å². The van der Waals surface area contributed by atoms with Crippen LogP contribution in [0.4, 0.5) is 0 Å². The predicted octanol–water partition coefficient (Wildman–Crippen LogP) is 2.61. The second-order valence-corrected chi connectivity index (χ2v) is 5.21. The Balaban J connectivity index is 1.75. The number of benzene rings is 1. The van der Waals surface area contributed by atoms with Crippen molar-refractivity contribution in [1.29, 1.82) is 0 Å². The fraction of sp³-hybridized carbons (Fsp3) is 0.500. The minimum Gasteiger partial charge on any atom is -0.376 e. The highest BCUT2D eigenvalue weighted by Gasteiger charge is 2.13. The molecule has 17 heavy (non-hydrogen) atoms. The van der Waals surface area contributed by atoms with E-state index in [4.69, 9.17) is 21.1 Å². The SMILES string of the molecule is Clc1ccc(CNCC2COCCO2)cc1Br. The molecule has 0 saturated carbocycles. The molecule has 0 radical (unpaired) electrons. The summed E-state index contributed by atoms with van der Waals surface area (Å²) in [6.45, 7) is 3.69. The highest BCUT2D eigenvalue weighted by Crippen LogP contribution is 2.23. The van der Waals surface area contributed by atoms with E-state index in [1.807, 2.05) is 18.2 Å². The van der Waals surface area contributed by atoms with Crippen molar-refractivity contribution in [3.05, 3.63) is 33.3 Å². The molecule has 0 aliphatic carbocycles. The van der Waals surface area contributed by atoms with Crippen LogP contribution in [0.5, 0.6) is 0 Å². The molecule has 1 fully saturated rings. The molecule has 1 N–H and O–H groups in total. The largest absolute Gasteiger partial charge is 0.376 e. The minimum atomic E-state index is 0.166. The normalized spacial score (nSPS) is 20.5. The Labute approximate surface area is 115 Å². The van der Waals surface area contributed by atoms with Gasteiger partial charge < -0.3 is 14.8 Å². The van der Waals surface area contributed by atoms with E-state index in [0.29, 0.717) is 19.8 Å². The van der Waals surface area contributed by atoms with E-state index in [9.17, 15) is 0 Å². The van der Waals surface area contributed by atoms with E-state index in [2.05, 4.69) is 21.2 Å². The average Bonchev–Trinajstić information content (AvgIpc) is 2.35. The maximum atomic E-state index is 5.93. The molecule has 3 nitrogen and oxygen atoms in total. The van der Waals surface area contributed by atoms with Crippen LogP contribution < -0.4 is 5.32 Å². The standard InChI is InChI=1S/C12H15BrClNO2/c13-11-5-9(1-2-12(11)14)6-15-7-10-8-16-3-4-17-10/h1-2,5,10,15H,3-4,6-8H2. The molecule has 0 amide bonds. The first-order valence-corrected chi connectivity index (χ1v) is 6.77. The Morgan fingerprint density at radius 2 is 2.29 bits per heavy atom. The average molecular weight is 321 g/mol. The Kier molecular flexibility index (Phi) is 5.25. The van der Waals surface area contributed by atoms with Crippen LogP contribution in [0.15, 0.2) is 22.7 Å². The maximum absolute atomic E-state index is 5.93. The zero-order valence-corrected chi connectivity index (χ0v) is 11.8. The molecule has 1 aromatic rings. The summed E-state index contributed by atoms with van der Waals surface area (Å²) < 4.78 is 11.8. The summed E-state index contributed by atoms with van der Waals surface area (Å²) in [5.74, 6) is 0. The van der Waals surface area contributed by atoms with Gasteiger partial charge in [0.25, 0.3) is 0 Å². The van der Waals surface area contributed by atoms with Gasteiger partial charge in [0.15, 0.2) is 0 Å². The summed E-state index contributed by atoms with van der Waals surface area (Å²) in [6.07, 6.45) is 0.166. The van der Waals surface area contributed by atoms with Crippen molar-refractivity contribution >= 4 is 27.5 Å². The van der Waals surface area contributed by atoms with Crippen LogP contribution in [0.25, 0.3) is 0 Å². The molecule has 1 unspecified atom stereocenters. The number of ether oxygens (including phenoxy) is 2. The molecule has 1 aliphatic heterocycles. The molecule has 94 valence electrons. The molecule has 1 heterocycles. The Bertz CT molecular complexity index is 370. The third kappa shape index (κ3) is 4.23. The zero-order valence-electron chi connectivity index (χ0n) is 9.42. The van der Waals surface area contributed by atoms with E-state index in [1.165, 1.54) is 5.56 Å². The molecule has 0 bridgehead atoms. The van der Waals surface area contributed by atoms with Crippen molar-refractivity contribution in [2.45, 2.75) is 12.6 Å². The summed E-state index contributed by atoms with van der Waals surface area (Å²) in [6, 6.07) is 5.93. The molecule has 1 saturated heterocycles. The smallest absolute Gasteiger partial charge is 0.0933 e. The van der Waals surface area contributed by atoms with Crippen LogP contribution in [-0.4, -0.2) is 32.5 Å². The van der Waals surface area contributed by atoms with E-state index in [1.54, 1.807) is 0 Å². The monoisotopic (exact) mass is 319 g/mol. The van der Waals surface area contributed by atoms with Crippen LogP contribution in [0.2, 0.25) is 5.02 Å². The first kappa shape index (κ1) is 13.3. The molecular weight excluding hydrogens is 305 g/mol. The molecule has 5 heteroatoms. The molecule has 0 aromatic heterocycles. The van der Waals surface area contributed by atoms with Gasteiger partial charge in [0.05, 0.1) is 30.9 Å². The predicted molar refractivity (Wildman–Crippen MR) is 71.4 cm³/mol. The molecule has 2 rings (SSSR count). The summed E-state index contributed by atoms with van der Waals surface area (Å²) in [5.41, 5.74) is 1.19. The summed E-state index contributed by atoms with van der Waals surface area (Å²) >= 11 is 9.34. The van der Waals surface area contributed by atoms with Gasteiger partial charge in [-0.15, -0.1) is 0 Å². The number of hydrogen-bond acceptors (Lipinski definition) is 3. The van der Waals surface area contributed by atoms with Gasteiger partial charge in [-0.3, -0.25) is 0 Å². The lowest BCUT2D eigenvalue weighted by Gasteiger charge is -2.23. The van der Waals surface area contributed by atoms with E-state index in [0.717, 1.165) is 22.6 Å². The highest BCUT2D eigenvalue weighted by molar-refractivity contribution is 9.10. The van der Waals surface area contributed by atoms with E-state index in [-0.39, 0.29) is 6.10 Å². The fourth-order valence-electron chi connectivity index (χ4n) is 1.68. The first-order chi connectivity index (χ1) is 8.25. The van der Waals surface area contributed by atoms with Gasteiger partial charge >= 0.3 is 0 Å². The molecule has 0 spiro atoms. The molecule has 1 aromatic carbocycles. The topological polar surface area (TPSA) is 30.5 Å². The number of nitrogens with one attached hydrogen (secondary N) is 1. The van der Waals surface area contributed by atoms with Crippen molar-refractivity contribution in [3.63, 3.8) is 0 Å². The van der Waals surface area contributed by atoms with Gasteiger partial charge in [-0.25, -0.2) is 0 Å². The summed E-state index contributed by atoms with van der Waals surface area (Å²) in [4.78, 5) is 0. The number of hydrogen-bond donors (Lipinski definition) is 1. The third-order valence-electron chi connectivity index (χ3n) is 2.57.